The summed E-state index contributed by atoms with van der Waals surface area (Å²) in [5, 5.41) is 12.2. The molecule has 0 aromatic carbocycles. The molecule has 0 amide bonds. The average Bonchev–Trinajstić information content (AvgIpc) is 2.71. The standard InChI is InChI=1S/C9H17NO3S/c11-7-9(4-2-5-10-9)8-3-1-6-14(8,12)13/h8,10-11H,1-7H2. The molecule has 2 rings (SSSR count). The summed E-state index contributed by atoms with van der Waals surface area (Å²) in [6.45, 7) is 0.767. The molecule has 2 atom stereocenters. The lowest BCUT2D eigenvalue weighted by molar-refractivity contribution is 0.171. The Morgan fingerprint density at radius 1 is 1.43 bits per heavy atom. The van der Waals surface area contributed by atoms with Gasteiger partial charge in [0.25, 0.3) is 0 Å². The third-order valence-electron chi connectivity index (χ3n) is 3.50. The molecule has 0 aliphatic carbocycles. The molecule has 14 heavy (non-hydrogen) atoms. The summed E-state index contributed by atoms with van der Waals surface area (Å²) in [6.07, 6.45) is 3.20. The maximum Gasteiger partial charge on any atom is 0.155 e. The summed E-state index contributed by atoms with van der Waals surface area (Å²) in [5.41, 5.74) is -0.532. The smallest absolute Gasteiger partial charge is 0.155 e. The fourth-order valence-electron chi connectivity index (χ4n) is 2.75. The van der Waals surface area contributed by atoms with Crippen LogP contribution < -0.4 is 5.32 Å². The van der Waals surface area contributed by atoms with E-state index < -0.39 is 15.4 Å². The minimum atomic E-state index is -2.96. The minimum Gasteiger partial charge on any atom is -0.394 e. The summed E-state index contributed by atoms with van der Waals surface area (Å²) in [6, 6.07) is 0. The molecule has 2 aliphatic rings. The first kappa shape index (κ1) is 10.4. The predicted molar refractivity (Wildman–Crippen MR) is 53.9 cm³/mol. The van der Waals surface area contributed by atoms with Crippen LogP contribution in [0.15, 0.2) is 0 Å². The molecule has 82 valence electrons. The van der Waals surface area contributed by atoms with Gasteiger partial charge >= 0.3 is 0 Å². The first-order chi connectivity index (χ1) is 6.61. The first-order valence-electron chi connectivity index (χ1n) is 5.18. The van der Waals surface area contributed by atoms with Crippen LogP contribution in [-0.2, 0) is 9.84 Å². The van der Waals surface area contributed by atoms with Crippen molar-refractivity contribution in [3.8, 4) is 0 Å². The molecule has 0 aromatic rings. The van der Waals surface area contributed by atoms with Crippen LogP contribution in [0.2, 0.25) is 0 Å². The third-order valence-corrected chi connectivity index (χ3v) is 5.92. The van der Waals surface area contributed by atoms with Gasteiger partial charge in [-0.1, -0.05) is 0 Å². The van der Waals surface area contributed by atoms with E-state index in [-0.39, 0.29) is 11.9 Å². The second-order valence-electron chi connectivity index (χ2n) is 4.34. The number of hydrogen-bond acceptors (Lipinski definition) is 4. The van der Waals surface area contributed by atoms with Crippen molar-refractivity contribution in [2.45, 2.75) is 36.5 Å². The molecule has 0 radical (unpaired) electrons. The van der Waals surface area contributed by atoms with Gasteiger partial charge in [-0.25, -0.2) is 8.42 Å². The highest BCUT2D eigenvalue weighted by Crippen LogP contribution is 2.34. The summed E-state index contributed by atoms with van der Waals surface area (Å²) in [5.74, 6) is 0.293. The monoisotopic (exact) mass is 219 g/mol. The Hall–Kier alpha value is -0.130. The maximum atomic E-state index is 11.8. The van der Waals surface area contributed by atoms with Crippen molar-refractivity contribution in [1.29, 1.82) is 0 Å². The highest BCUT2D eigenvalue weighted by molar-refractivity contribution is 7.92. The van der Waals surface area contributed by atoms with Gasteiger partial charge in [0, 0.05) is 0 Å². The number of nitrogens with one attached hydrogen (secondary N) is 1. The Balaban J connectivity index is 2.28. The summed E-state index contributed by atoms with van der Waals surface area (Å²) < 4.78 is 23.5. The van der Waals surface area contributed by atoms with E-state index in [9.17, 15) is 13.5 Å². The maximum absolute atomic E-state index is 11.8. The van der Waals surface area contributed by atoms with Crippen molar-refractivity contribution in [1.82, 2.24) is 5.32 Å². The SMILES string of the molecule is O=S1(=O)CCCC1C1(CO)CCCN1. The molecule has 0 saturated carbocycles. The van der Waals surface area contributed by atoms with Gasteiger partial charge < -0.3 is 10.4 Å². The fraction of sp³-hybridized carbons (Fsp3) is 1.00. The lowest BCUT2D eigenvalue weighted by Crippen LogP contribution is -2.55. The van der Waals surface area contributed by atoms with Gasteiger partial charge in [0.2, 0.25) is 0 Å². The second kappa shape index (κ2) is 3.47. The highest BCUT2D eigenvalue weighted by Gasteiger charge is 2.49. The molecular weight excluding hydrogens is 202 g/mol. The van der Waals surface area contributed by atoms with Crippen molar-refractivity contribution in [2.75, 3.05) is 18.9 Å². The zero-order chi connectivity index (χ0) is 10.2. The number of aliphatic hydroxyl groups excluding tert-OH is 1. The highest BCUT2D eigenvalue weighted by atomic mass is 32.2. The van der Waals surface area contributed by atoms with E-state index in [2.05, 4.69) is 5.32 Å². The van der Waals surface area contributed by atoms with Crippen molar-refractivity contribution < 1.29 is 13.5 Å². The zero-order valence-corrected chi connectivity index (χ0v) is 9.02. The molecular formula is C9H17NO3S. The summed E-state index contributed by atoms with van der Waals surface area (Å²) >= 11 is 0. The van der Waals surface area contributed by atoms with E-state index >= 15 is 0 Å². The van der Waals surface area contributed by atoms with Crippen LogP contribution in [0.1, 0.15) is 25.7 Å². The van der Waals surface area contributed by atoms with E-state index in [0.29, 0.717) is 12.2 Å². The predicted octanol–water partition coefficient (Wildman–Crippen LogP) is -0.322. The molecule has 0 aromatic heterocycles. The van der Waals surface area contributed by atoms with Gasteiger partial charge in [-0.05, 0) is 32.2 Å². The molecule has 2 N–H and O–H groups in total. The lowest BCUT2D eigenvalue weighted by atomic mass is 9.91. The van der Waals surface area contributed by atoms with Crippen LogP contribution in [0.25, 0.3) is 0 Å². The largest absolute Gasteiger partial charge is 0.394 e. The first-order valence-corrected chi connectivity index (χ1v) is 6.90. The van der Waals surface area contributed by atoms with Crippen LogP contribution in [0.5, 0.6) is 0 Å². The number of sulfone groups is 1. The zero-order valence-electron chi connectivity index (χ0n) is 8.20. The third kappa shape index (κ3) is 1.47. The Morgan fingerprint density at radius 2 is 2.21 bits per heavy atom. The number of aliphatic hydroxyl groups is 1. The molecule has 2 aliphatic heterocycles. The Bertz CT molecular complexity index is 306. The van der Waals surface area contributed by atoms with Crippen LogP contribution in [-0.4, -0.2) is 43.2 Å². The van der Waals surface area contributed by atoms with E-state index in [4.69, 9.17) is 0 Å². The lowest BCUT2D eigenvalue weighted by Gasteiger charge is -2.32. The van der Waals surface area contributed by atoms with Crippen LogP contribution in [0.3, 0.4) is 0 Å². The molecule has 5 heteroatoms. The van der Waals surface area contributed by atoms with E-state index in [1.807, 2.05) is 0 Å². The second-order valence-corrected chi connectivity index (χ2v) is 6.65. The van der Waals surface area contributed by atoms with E-state index in [1.54, 1.807) is 0 Å². The van der Waals surface area contributed by atoms with Crippen LogP contribution in [0.4, 0.5) is 0 Å². The summed E-state index contributed by atoms with van der Waals surface area (Å²) in [7, 11) is -2.96. The summed E-state index contributed by atoms with van der Waals surface area (Å²) in [4.78, 5) is 0. The van der Waals surface area contributed by atoms with Gasteiger partial charge in [-0.15, -0.1) is 0 Å². The van der Waals surface area contributed by atoms with Gasteiger partial charge in [0.1, 0.15) is 0 Å². The molecule has 4 nitrogen and oxygen atoms in total. The Labute approximate surface area is 84.6 Å². The van der Waals surface area contributed by atoms with E-state index in [1.165, 1.54) is 0 Å². The Morgan fingerprint density at radius 3 is 2.64 bits per heavy atom. The normalized spacial score (nSPS) is 41.6. The molecule has 2 saturated heterocycles. The average molecular weight is 219 g/mol. The molecule has 2 heterocycles. The van der Waals surface area contributed by atoms with Crippen molar-refractivity contribution >= 4 is 9.84 Å². The molecule has 0 spiro atoms. The van der Waals surface area contributed by atoms with Crippen LogP contribution in [0, 0.1) is 0 Å². The topological polar surface area (TPSA) is 66.4 Å². The minimum absolute atomic E-state index is 0.0586. The Kier molecular flexibility index (Phi) is 2.57. The fourth-order valence-corrected chi connectivity index (χ4v) is 5.10. The molecule has 2 unspecified atom stereocenters. The number of rotatable bonds is 2. The van der Waals surface area contributed by atoms with Crippen LogP contribution >= 0.6 is 0 Å². The van der Waals surface area contributed by atoms with Gasteiger partial charge in [0.15, 0.2) is 9.84 Å². The van der Waals surface area contributed by atoms with Crippen molar-refractivity contribution in [3.63, 3.8) is 0 Å². The van der Waals surface area contributed by atoms with Gasteiger partial charge in [-0.2, -0.15) is 0 Å². The van der Waals surface area contributed by atoms with Gasteiger partial charge in [-0.3, -0.25) is 0 Å². The molecule has 2 fully saturated rings. The van der Waals surface area contributed by atoms with Crippen molar-refractivity contribution in [3.05, 3.63) is 0 Å². The quantitative estimate of drug-likeness (QED) is 0.668. The number of hydrogen-bond donors (Lipinski definition) is 2. The molecule has 0 bridgehead atoms. The van der Waals surface area contributed by atoms with Crippen molar-refractivity contribution in [2.24, 2.45) is 0 Å². The van der Waals surface area contributed by atoms with E-state index in [0.717, 1.165) is 25.8 Å². The van der Waals surface area contributed by atoms with Gasteiger partial charge in [0.05, 0.1) is 23.1 Å².